The summed E-state index contributed by atoms with van der Waals surface area (Å²) in [5.41, 5.74) is 4.15. The molecule has 94 valence electrons. The summed E-state index contributed by atoms with van der Waals surface area (Å²) in [6.07, 6.45) is 1.02. The van der Waals surface area contributed by atoms with Gasteiger partial charge < -0.3 is 5.32 Å². The first-order chi connectivity index (χ1) is 8.02. The van der Waals surface area contributed by atoms with Gasteiger partial charge in [-0.05, 0) is 25.5 Å². The molecule has 17 heavy (non-hydrogen) atoms. The van der Waals surface area contributed by atoms with Gasteiger partial charge in [0.25, 0.3) is 5.91 Å². The highest BCUT2D eigenvalue weighted by molar-refractivity contribution is 5.94. The first-order valence-corrected chi connectivity index (χ1v) is 5.73. The van der Waals surface area contributed by atoms with Crippen molar-refractivity contribution >= 4 is 11.7 Å². The molecule has 1 aromatic heterocycles. The maximum atomic E-state index is 11.8. The van der Waals surface area contributed by atoms with E-state index < -0.39 is 0 Å². The fourth-order valence-corrected chi connectivity index (χ4v) is 1.41. The third-order valence-electron chi connectivity index (χ3n) is 2.10. The summed E-state index contributed by atoms with van der Waals surface area (Å²) in [6.45, 7) is 4.82. The molecule has 0 aliphatic carbocycles. The molecule has 5 nitrogen and oxygen atoms in total. The molecular formula is C12H20N4O. The molecule has 5 heteroatoms. The lowest BCUT2D eigenvalue weighted by Crippen LogP contribution is -2.36. The van der Waals surface area contributed by atoms with Crippen LogP contribution in [0, 0.1) is 6.92 Å². The molecule has 1 amide bonds. The van der Waals surface area contributed by atoms with Crippen molar-refractivity contribution in [2.24, 2.45) is 0 Å². The number of nitrogens with one attached hydrogen (secondary N) is 2. The van der Waals surface area contributed by atoms with Gasteiger partial charge in [0, 0.05) is 31.9 Å². The van der Waals surface area contributed by atoms with Crippen LogP contribution in [-0.2, 0) is 0 Å². The van der Waals surface area contributed by atoms with E-state index in [9.17, 15) is 4.79 Å². The molecule has 1 heterocycles. The number of carbonyl (C=O) groups is 1. The van der Waals surface area contributed by atoms with Crippen molar-refractivity contribution in [3.05, 3.63) is 23.4 Å². The molecule has 0 saturated carbocycles. The Morgan fingerprint density at radius 3 is 2.71 bits per heavy atom. The van der Waals surface area contributed by atoms with Crippen molar-refractivity contribution in [3.8, 4) is 0 Å². The number of nitrogens with zero attached hydrogens (tertiary/aromatic N) is 2. The first kappa shape index (κ1) is 13.4. The van der Waals surface area contributed by atoms with Gasteiger partial charge in [-0.3, -0.25) is 10.2 Å². The van der Waals surface area contributed by atoms with Gasteiger partial charge in [-0.1, -0.05) is 6.92 Å². The molecule has 0 radical (unpaired) electrons. The Labute approximate surface area is 102 Å². The van der Waals surface area contributed by atoms with Crippen molar-refractivity contribution in [2.45, 2.75) is 20.3 Å². The van der Waals surface area contributed by atoms with Crippen molar-refractivity contribution in [1.29, 1.82) is 0 Å². The van der Waals surface area contributed by atoms with Gasteiger partial charge in [-0.2, -0.15) is 0 Å². The molecule has 1 rings (SSSR count). The molecule has 1 aromatic rings. The van der Waals surface area contributed by atoms with Crippen molar-refractivity contribution < 1.29 is 4.79 Å². The second-order valence-corrected chi connectivity index (χ2v) is 4.14. The van der Waals surface area contributed by atoms with E-state index in [1.807, 2.05) is 6.92 Å². The topological polar surface area (TPSA) is 57.3 Å². The molecule has 0 bridgehead atoms. The van der Waals surface area contributed by atoms with E-state index in [-0.39, 0.29) is 5.91 Å². The Morgan fingerprint density at radius 2 is 2.12 bits per heavy atom. The third-order valence-corrected chi connectivity index (χ3v) is 2.10. The third kappa shape index (κ3) is 4.40. The predicted octanol–water partition coefficient (Wildman–Crippen LogP) is 1.42. The zero-order chi connectivity index (χ0) is 12.8. The molecular weight excluding hydrogens is 216 g/mol. The molecule has 0 fully saturated rings. The second kappa shape index (κ2) is 6.20. The van der Waals surface area contributed by atoms with E-state index >= 15 is 0 Å². The van der Waals surface area contributed by atoms with Crippen LogP contribution in [0.15, 0.2) is 12.1 Å². The van der Waals surface area contributed by atoms with E-state index in [4.69, 9.17) is 0 Å². The van der Waals surface area contributed by atoms with E-state index in [2.05, 4.69) is 22.7 Å². The van der Waals surface area contributed by atoms with Crippen molar-refractivity contribution in [3.63, 3.8) is 0 Å². The number of amides is 1. The van der Waals surface area contributed by atoms with E-state index in [0.29, 0.717) is 5.56 Å². The molecule has 0 atom stereocenters. The summed E-state index contributed by atoms with van der Waals surface area (Å²) in [5, 5.41) is 4.80. The van der Waals surface area contributed by atoms with Crippen LogP contribution in [0.4, 0.5) is 5.82 Å². The largest absolute Gasteiger partial charge is 0.370 e. The molecule has 2 N–H and O–H groups in total. The quantitative estimate of drug-likeness (QED) is 0.759. The Balaban J connectivity index is 2.84. The number of carbonyl (C=O) groups excluding carboxylic acids is 1. The Bertz CT molecular complexity index is 390. The summed E-state index contributed by atoms with van der Waals surface area (Å²) in [7, 11) is 3.56. The van der Waals surface area contributed by atoms with Crippen LogP contribution in [0.2, 0.25) is 0 Å². The van der Waals surface area contributed by atoms with Crippen LogP contribution in [0.1, 0.15) is 29.4 Å². The zero-order valence-corrected chi connectivity index (χ0v) is 10.9. The van der Waals surface area contributed by atoms with Gasteiger partial charge in [0.1, 0.15) is 5.82 Å². The summed E-state index contributed by atoms with van der Waals surface area (Å²) in [6, 6.07) is 3.54. The minimum atomic E-state index is -0.125. The first-order valence-electron chi connectivity index (χ1n) is 5.73. The lowest BCUT2D eigenvalue weighted by Gasteiger charge is -2.13. The number of anilines is 1. The van der Waals surface area contributed by atoms with E-state index in [1.54, 1.807) is 31.2 Å². The maximum absolute atomic E-state index is 11.8. The lowest BCUT2D eigenvalue weighted by molar-refractivity contribution is 0.0856. The van der Waals surface area contributed by atoms with Crippen LogP contribution >= 0.6 is 0 Å². The molecule has 0 aliphatic heterocycles. The predicted molar refractivity (Wildman–Crippen MR) is 68.9 cm³/mol. The lowest BCUT2D eigenvalue weighted by atomic mass is 10.2. The Kier molecular flexibility index (Phi) is 4.90. The van der Waals surface area contributed by atoms with Gasteiger partial charge >= 0.3 is 0 Å². The zero-order valence-electron chi connectivity index (χ0n) is 10.9. The van der Waals surface area contributed by atoms with E-state index in [1.165, 1.54) is 0 Å². The standard InChI is InChI=1S/C12H20N4O/c1-5-6-13-11-8-10(7-9(2)14-11)12(17)15-16(3)4/h7-8H,5-6H2,1-4H3,(H,13,14)(H,15,17). The number of aromatic nitrogens is 1. The number of pyridine rings is 1. The molecule has 0 aliphatic rings. The smallest absolute Gasteiger partial charge is 0.265 e. The normalized spacial score (nSPS) is 10.4. The minimum absolute atomic E-state index is 0.125. The summed E-state index contributed by atoms with van der Waals surface area (Å²) in [4.78, 5) is 16.2. The number of hydrazine groups is 1. The monoisotopic (exact) mass is 236 g/mol. The van der Waals surface area contributed by atoms with Crippen LogP contribution in [0.5, 0.6) is 0 Å². The minimum Gasteiger partial charge on any atom is -0.370 e. The summed E-state index contributed by atoms with van der Waals surface area (Å²) in [5.74, 6) is 0.621. The summed E-state index contributed by atoms with van der Waals surface area (Å²) < 4.78 is 0. The van der Waals surface area contributed by atoms with Crippen molar-refractivity contribution in [2.75, 3.05) is 26.0 Å². The fourth-order valence-electron chi connectivity index (χ4n) is 1.41. The number of hydrogen-bond donors (Lipinski definition) is 2. The summed E-state index contributed by atoms with van der Waals surface area (Å²) >= 11 is 0. The SMILES string of the molecule is CCCNc1cc(C(=O)NN(C)C)cc(C)n1. The number of aryl methyl sites for hydroxylation is 1. The fraction of sp³-hybridized carbons (Fsp3) is 0.500. The maximum Gasteiger partial charge on any atom is 0.265 e. The van der Waals surface area contributed by atoms with Crippen molar-refractivity contribution in [1.82, 2.24) is 15.4 Å². The highest BCUT2D eigenvalue weighted by Gasteiger charge is 2.08. The average molecular weight is 236 g/mol. The van der Waals surface area contributed by atoms with Crippen LogP contribution in [-0.4, -0.2) is 36.5 Å². The second-order valence-electron chi connectivity index (χ2n) is 4.14. The Hall–Kier alpha value is -1.62. The van der Waals surface area contributed by atoms with Crippen LogP contribution in [0.3, 0.4) is 0 Å². The van der Waals surface area contributed by atoms with Gasteiger partial charge in [0.05, 0.1) is 0 Å². The molecule has 0 spiro atoms. The molecule has 0 saturated heterocycles. The van der Waals surface area contributed by atoms with Crippen LogP contribution < -0.4 is 10.7 Å². The van der Waals surface area contributed by atoms with Gasteiger partial charge in [0.2, 0.25) is 0 Å². The number of hydrogen-bond acceptors (Lipinski definition) is 4. The van der Waals surface area contributed by atoms with Gasteiger partial charge in [-0.25, -0.2) is 9.99 Å². The Morgan fingerprint density at radius 1 is 1.41 bits per heavy atom. The highest BCUT2D eigenvalue weighted by Crippen LogP contribution is 2.10. The van der Waals surface area contributed by atoms with Gasteiger partial charge in [0.15, 0.2) is 0 Å². The highest BCUT2D eigenvalue weighted by atomic mass is 16.2. The molecule has 0 aromatic carbocycles. The number of rotatable bonds is 5. The molecule has 0 unspecified atom stereocenters. The van der Waals surface area contributed by atoms with Gasteiger partial charge in [-0.15, -0.1) is 0 Å². The van der Waals surface area contributed by atoms with E-state index in [0.717, 1.165) is 24.5 Å². The van der Waals surface area contributed by atoms with Crippen LogP contribution in [0.25, 0.3) is 0 Å². The average Bonchev–Trinajstić information content (AvgIpc) is 2.24.